The third kappa shape index (κ3) is 4.94. The number of hydrogen-bond donors (Lipinski definition) is 0. The standard InChI is InChI=1S/C19H20BrF3N2O5/c1-11(26)8-13(24-4-6-29-7-5-24)10-15-14-9-12(20)2-3-16(14)30-18(19(21,22)23)17(15)25(27)28/h2-3,8-9,15,17-18H,4-7,10H2,1H3/b13-8+/t15-,17+,18-/m0/s1. The number of fused-ring (bicyclic) bond motifs is 1. The first-order chi connectivity index (χ1) is 14.1. The van der Waals surface area contributed by atoms with Gasteiger partial charge >= 0.3 is 6.18 Å². The number of ether oxygens (including phenoxy) is 2. The van der Waals surface area contributed by atoms with Crippen LogP contribution in [0, 0.1) is 10.1 Å². The largest absolute Gasteiger partial charge is 0.473 e. The van der Waals surface area contributed by atoms with Gasteiger partial charge in [0.15, 0.2) is 5.78 Å². The van der Waals surface area contributed by atoms with Crippen molar-refractivity contribution >= 4 is 21.7 Å². The van der Waals surface area contributed by atoms with Gasteiger partial charge < -0.3 is 14.4 Å². The molecule has 0 aromatic heterocycles. The number of alkyl halides is 3. The first kappa shape index (κ1) is 22.5. The van der Waals surface area contributed by atoms with Gasteiger partial charge in [0.2, 0.25) is 0 Å². The fraction of sp³-hybridized carbons (Fsp3) is 0.526. The van der Waals surface area contributed by atoms with E-state index in [0.29, 0.717) is 42.0 Å². The van der Waals surface area contributed by atoms with E-state index in [2.05, 4.69) is 15.9 Å². The Bertz CT molecular complexity index is 855. The molecule has 1 fully saturated rings. The van der Waals surface area contributed by atoms with Crippen molar-refractivity contribution < 1.29 is 32.4 Å². The first-order valence-corrected chi connectivity index (χ1v) is 10.1. The highest BCUT2D eigenvalue weighted by Gasteiger charge is 2.59. The van der Waals surface area contributed by atoms with Crippen LogP contribution in [0.25, 0.3) is 0 Å². The molecule has 0 amide bonds. The molecule has 2 aliphatic heterocycles. The van der Waals surface area contributed by atoms with Crippen molar-refractivity contribution in [3.05, 3.63) is 50.1 Å². The predicted molar refractivity (Wildman–Crippen MR) is 104 cm³/mol. The second-order valence-electron chi connectivity index (χ2n) is 7.19. The molecule has 2 heterocycles. The summed E-state index contributed by atoms with van der Waals surface area (Å²) >= 11 is 3.27. The summed E-state index contributed by atoms with van der Waals surface area (Å²) in [5.41, 5.74) is 0.755. The van der Waals surface area contributed by atoms with Gasteiger partial charge in [-0.25, -0.2) is 0 Å². The van der Waals surface area contributed by atoms with Crippen LogP contribution in [0.15, 0.2) is 34.4 Å². The molecule has 2 aliphatic rings. The van der Waals surface area contributed by atoms with Crippen LogP contribution in [0.5, 0.6) is 5.75 Å². The average Bonchev–Trinajstić information content (AvgIpc) is 2.66. The smallest absolute Gasteiger partial charge is 0.432 e. The molecule has 0 N–H and O–H groups in total. The number of ketones is 1. The summed E-state index contributed by atoms with van der Waals surface area (Å²) in [7, 11) is 0. The summed E-state index contributed by atoms with van der Waals surface area (Å²) in [4.78, 5) is 24.5. The number of hydrogen-bond acceptors (Lipinski definition) is 6. The van der Waals surface area contributed by atoms with Crippen molar-refractivity contribution in [2.45, 2.75) is 37.6 Å². The van der Waals surface area contributed by atoms with E-state index in [-0.39, 0.29) is 18.0 Å². The van der Waals surface area contributed by atoms with Crippen LogP contribution >= 0.6 is 15.9 Å². The Morgan fingerprint density at radius 1 is 1.37 bits per heavy atom. The molecule has 164 valence electrons. The minimum Gasteiger partial charge on any atom is -0.473 e. The molecule has 1 aromatic rings. The Kier molecular flexibility index (Phi) is 6.71. The van der Waals surface area contributed by atoms with Gasteiger partial charge in [0, 0.05) is 40.2 Å². The lowest BCUT2D eigenvalue weighted by molar-refractivity contribution is -0.548. The SMILES string of the molecule is CC(=O)/C=C(\C[C@H]1c2cc(Br)ccc2O[C@H](C(F)(F)F)[C@@H]1[N+](=O)[O-])N1CCOCC1. The van der Waals surface area contributed by atoms with Crippen molar-refractivity contribution in [1.82, 2.24) is 4.90 Å². The maximum atomic E-state index is 13.7. The fourth-order valence-electron chi connectivity index (χ4n) is 3.86. The lowest BCUT2D eigenvalue weighted by Crippen LogP contribution is -2.53. The lowest BCUT2D eigenvalue weighted by Gasteiger charge is -2.38. The van der Waals surface area contributed by atoms with Gasteiger partial charge in [0.05, 0.1) is 19.1 Å². The van der Waals surface area contributed by atoms with Gasteiger partial charge in [-0.3, -0.25) is 14.9 Å². The molecule has 7 nitrogen and oxygen atoms in total. The Labute approximate surface area is 179 Å². The molecular formula is C19H20BrF3N2O5. The average molecular weight is 493 g/mol. The van der Waals surface area contributed by atoms with Crippen molar-refractivity contribution in [3.63, 3.8) is 0 Å². The monoisotopic (exact) mass is 492 g/mol. The quantitative estimate of drug-likeness (QED) is 0.354. The maximum Gasteiger partial charge on any atom is 0.432 e. The fourth-order valence-corrected chi connectivity index (χ4v) is 4.24. The van der Waals surface area contributed by atoms with Crippen LogP contribution in [0.2, 0.25) is 0 Å². The predicted octanol–water partition coefficient (Wildman–Crippen LogP) is 3.70. The van der Waals surface area contributed by atoms with Crippen LogP contribution < -0.4 is 4.74 Å². The van der Waals surface area contributed by atoms with Crippen LogP contribution in [-0.2, 0) is 9.53 Å². The Morgan fingerprint density at radius 2 is 2.03 bits per heavy atom. The molecule has 3 atom stereocenters. The normalized spacial score (nSPS) is 24.8. The molecule has 30 heavy (non-hydrogen) atoms. The van der Waals surface area contributed by atoms with Gasteiger partial charge in [-0.2, -0.15) is 13.2 Å². The molecule has 0 aliphatic carbocycles. The number of allylic oxidation sites excluding steroid dienone is 2. The van der Waals surface area contributed by atoms with E-state index in [0.717, 1.165) is 0 Å². The molecule has 11 heteroatoms. The Balaban J connectivity index is 2.08. The molecule has 0 saturated carbocycles. The van der Waals surface area contributed by atoms with Gasteiger partial charge in [-0.1, -0.05) is 15.9 Å². The highest BCUT2D eigenvalue weighted by atomic mass is 79.9. The number of carbonyl (C=O) groups excluding carboxylic acids is 1. The molecule has 3 rings (SSSR count). The van der Waals surface area contributed by atoms with E-state index in [9.17, 15) is 28.1 Å². The number of halogens is 4. The van der Waals surface area contributed by atoms with E-state index >= 15 is 0 Å². The van der Waals surface area contributed by atoms with Crippen LogP contribution in [0.1, 0.15) is 24.8 Å². The molecule has 0 unspecified atom stereocenters. The Hall–Kier alpha value is -2.14. The number of morpholine rings is 1. The molecule has 1 aromatic carbocycles. The van der Waals surface area contributed by atoms with Crippen LogP contribution in [0.4, 0.5) is 13.2 Å². The molecule has 1 saturated heterocycles. The summed E-state index contributed by atoms with van der Waals surface area (Å²) in [6.45, 7) is 3.02. The van der Waals surface area contributed by atoms with E-state index in [1.165, 1.54) is 31.2 Å². The van der Waals surface area contributed by atoms with E-state index in [1.807, 2.05) is 4.90 Å². The first-order valence-electron chi connectivity index (χ1n) is 9.28. The van der Waals surface area contributed by atoms with E-state index in [1.54, 1.807) is 0 Å². The second kappa shape index (κ2) is 8.93. The highest BCUT2D eigenvalue weighted by molar-refractivity contribution is 9.10. The number of benzene rings is 1. The lowest BCUT2D eigenvalue weighted by atomic mass is 9.81. The molecule has 0 bridgehead atoms. The van der Waals surface area contributed by atoms with Crippen LogP contribution in [-0.4, -0.2) is 60.2 Å². The zero-order valence-corrected chi connectivity index (χ0v) is 17.6. The minimum atomic E-state index is -4.93. The number of nitro groups is 1. The zero-order valence-electron chi connectivity index (χ0n) is 16.0. The Morgan fingerprint density at radius 3 is 2.60 bits per heavy atom. The summed E-state index contributed by atoms with van der Waals surface area (Å²) in [6.07, 6.45) is -6.29. The molecular weight excluding hydrogens is 473 g/mol. The number of carbonyl (C=O) groups is 1. The maximum absolute atomic E-state index is 13.7. The van der Waals surface area contributed by atoms with Crippen molar-refractivity contribution in [3.8, 4) is 5.75 Å². The van der Waals surface area contributed by atoms with E-state index in [4.69, 9.17) is 9.47 Å². The van der Waals surface area contributed by atoms with E-state index < -0.39 is 29.2 Å². The number of rotatable bonds is 5. The third-order valence-corrected chi connectivity index (χ3v) is 5.62. The van der Waals surface area contributed by atoms with Gasteiger partial charge in [0.1, 0.15) is 5.75 Å². The van der Waals surface area contributed by atoms with Crippen molar-refractivity contribution in [2.24, 2.45) is 0 Å². The number of nitrogens with zero attached hydrogens (tertiary/aromatic N) is 2. The summed E-state index contributed by atoms with van der Waals surface area (Å²) in [6, 6.07) is 2.37. The molecule has 0 radical (unpaired) electrons. The molecule has 0 spiro atoms. The summed E-state index contributed by atoms with van der Waals surface area (Å²) in [5.74, 6) is -1.47. The zero-order chi connectivity index (χ0) is 22.1. The summed E-state index contributed by atoms with van der Waals surface area (Å²) < 4.78 is 51.9. The highest BCUT2D eigenvalue weighted by Crippen LogP contribution is 2.46. The minimum absolute atomic E-state index is 0.0484. The third-order valence-electron chi connectivity index (χ3n) is 5.13. The van der Waals surface area contributed by atoms with Gasteiger partial charge in [0.25, 0.3) is 12.1 Å². The van der Waals surface area contributed by atoms with Crippen molar-refractivity contribution in [2.75, 3.05) is 26.3 Å². The van der Waals surface area contributed by atoms with Gasteiger partial charge in [-0.15, -0.1) is 0 Å². The van der Waals surface area contributed by atoms with Crippen LogP contribution in [0.3, 0.4) is 0 Å². The van der Waals surface area contributed by atoms with Gasteiger partial charge in [-0.05, 0) is 31.2 Å². The second-order valence-corrected chi connectivity index (χ2v) is 8.11. The topological polar surface area (TPSA) is 81.9 Å². The van der Waals surface area contributed by atoms with Crippen molar-refractivity contribution in [1.29, 1.82) is 0 Å². The summed E-state index contributed by atoms with van der Waals surface area (Å²) in [5, 5.41) is 11.8.